The van der Waals surface area contributed by atoms with E-state index in [2.05, 4.69) is 10.2 Å². The lowest BCUT2D eigenvalue weighted by Gasteiger charge is -2.10. The van der Waals surface area contributed by atoms with Gasteiger partial charge in [-0.25, -0.2) is 13.2 Å². The minimum absolute atomic E-state index is 0.119. The Morgan fingerprint density at radius 2 is 1.95 bits per heavy atom. The molecule has 1 aromatic heterocycles. The summed E-state index contributed by atoms with van der Waals surface area (Å²) >= 11 is 5.05. The fourth-order valence-corrected chi connectivity index (χ4v) is 1.96. The number of halogens is 3. The molecule has 19 heavy (non-hydrogen) atoms. The minimum atomic E-state index is -1.51. The van der Waals surface area contributed by atoms with Crippen molar-refractivity contribution in [1.82, 2.24) is 14.8 Å². The maximum atomic E-state index is 13.8. The number of aromatic nitrogens is 3. The summed E-state index contributed by atoms with van der Waals surface area (Å²) in [5.41, 5.74) is -0.119. The molecule has 0 amide bonds. The Hall–Kier alpha value is -1.63. The summed E-state index contributed by atoms with van der Waals surface area (Å²) in [6.45, 7) is 4.42. The Morgan fingerprint density at radius 1 is 1.26 bits per heavy atom. The molecule has 0 radical (unpaired) electrons. The van der Waals surface area contributed by atoms with Crippen LogP contribution in [0.5, 0.6) is 0 Å². The average molecular weight is 287 g/mol. The van der Waals surface area contributed by atoms with Crippen LogP contribution in [0.15, 0.2) is 12.1 Å². The van der Waals surface area contributed by atoms with Gasteiger partial charge in [0.15, 0.2) is 28.0 Å². The van der Waals surface area contributed by atoms with E-state index in [-0.39, 0.29) is 17.3 Å². The fourth-order valence-electron chi connectivity index (χ4n) is 1.76. The Kier molecular flexibility index (Phi) is 3.75. The van der Waals surface area contributed by atoms with E-state index in [0.29, 0.717) is 11.3 Å². The highest BCUT2D eigenvalue weighted by Gasteiger charge is 2.19. The van der Waals surface area contributed by atoms with Gasteiger partial charge < -0.3 is 0 Å². The molecule has 102 valence electrons. The fraction of sp³-hybridized carbons (Fsp3) is 0.333. The second-order valence-corrected chi connectivity index (χ2v) is 4.97. The maximum absolute atomic E-state index is 13.8. The summed E-state index contributed by atoms with van der Waals surface area (Å²) in [7, 11) is 0. The van der Waals surface area contributed by atoms with E-state index in [1.807, 2.05) is 13.8 Å². The van der Waals surface area contributed by atoms with Gasteiger partial charge in [0, 0.05) is 6.54 Å². The summed E-state index contributed by atoms with van der Waals surface area (Å²) in [5, 5.41) is 6.42. The highest BCUT2D eigenvalue weighted by Crippen LogP contribution is 2.25. The third-order valence-electron chi connectivity index (χ3n) is 2.58. The van der Waals surface area contributed by atoms with Crippen molar-refractivity contribution in [3.05, 3.63) is 34.4 Å². The molecule has 2 rings (SSSR count). The van der Waals surface area contributed by atoms with Crippen LogP contribution in [0.3, 0.4) is 0 Å². The van der Waals surface area contributed by atoms with Gasteiger partial charge >= 0.3 is 0 Å². The molecule has 0 bridgehead atoms. The van der Waals surface area contributed by atoms with Crippen LogP contribution in [0.1, 0.15) is 13.8 Å². The first-order valence-electron chi connectivity index (χ1n) is 5.71. The highest BCUT2D eigenvalue weighted by atomic mass is 32.1. The van der Waals surface area contributed by atoms with Crippen LogP contribution < -0.4 is 0 Å². The smallest absolute Gasteiger partial charge is 0.195 e. The van der Waals surface area contributed by atoms with Crippen molar-refractivity contribution >= 4 is 12.2 Å². The predicted octanol–water partition coefficient (Wildman–Crippen LogP) is 3.68. The number of hydrogen-bond acceptors (Lipinski definition) is 2. The molecule has 0 spiro atoms. The lowest BCUT2D eigenvalue weighted by molar-refractivity contribution is 0.447. The van der Waals surface area contributed by atoms with Gasteiger partial charge in [-0.05, 0) is 30.3 Å². The summed E-state index contributed by atoms with van der Waals surface area (Å²) in [4.78, 5) is 0. The molecule has 0 saturated carbocycles. The van der Waals surface area contributed by atoms with Gasteiger partial charge in [-0.3, -0.25) is 9.67 Å². The zero-order chi connectivity index (χ0) is 14.2. The topological polar surface area (TPSA) is 33.6 Å². The van der Waals surface area contributed by atoms with Crippen LogP contribution in [0.25, 0.3) is 11.4 Å². The van der Waals surface area contributed by atoms with Crippen LogP contribution in [0.4, 0.5) is 13.2 Å². The molecule has 0 atom stereocenters. The molecule has 0 saturated heterocycles. The first kappa shape index (κ1) is 13.8. The largest absolute Gasteiger partial charge is 0.300 e. The highest BCUT2D eigenvalue weighted by molar-refractivity contribution is 7.71. The van der Waals surface area contributed by atoms with Crippen molar-refractivity contribution in [1.29, 1.82) is 0 Å². The molecule has 1 heterocycles. The standard InChI is InChI=1S/C12H12F3N3S/c1-6(2)5-18-11(16-17-12(18)19)7-3-4-8(13)10(15)9(7)14/h3-4,6H,5H2,1-2H3,(H,17,19). The van der Waals surface area contributed by atoms with Crippen molar-refractivity contribution in [2.24, 2.45) is 5.92 Å². The van der Waals surface area contributed by atoms with Gasteiger partial charge in [-0.2, -0.15) is 5.10 Å². The van der Waals surface area contributed by atoms with E-state index < -0.39 is 17.5 Å². The summed E-state index contributed by atoms with van der Waals surface area (Å²) < 4.78 is 41.8. The number of aromatic amines is 1. The van der Waals surface area contributed by atoms with Gasteiger partial charge in [-0.1, -0.05) is 13.8 Å². The average Bonchev–Trinajstić information content (AvgIpc) is 2.68. The SMILES string of the molecule is CC(C)Cn1c(-c2ccc(F)c(F)c2F)n[nH]c1=S. The summed E-state index contributed by atoms with van der Waals surface area (Å²) in [6.07, 6.45) is 0. The quantitative estimate of drug-likeness (QED) is 0.690. The zero-order valence-corrected chi connectivity index (χ0v) is 11.2. The monoisotopic (exact) mass is 287 g/mol. The third kappa shape index (κ3) is 2.56. The molecule has 0 fully saturated rings. The molecule has 7 heteroatoms. The maximum Gasteiger partial charge on any atom is 0.195 e. The lowest BCUT2D eigenvalue weighted by Crippen LogP contribution is -2.07. The van der Waals surface area contributed by atoms with Crippen molar-refractivity contribution in [2.75, 3.05) is 0 Å². The first-order valence-corrected chi connectivity index (χ1v) is 6.11. The number of rotatable bonds is 3. The second-order valence-electron chi connectivity index (χ2n) is 4.58. The van der Waals surface area contributed by atoms with Crippen LogP contribution in [0.2, 0.25) is 0 Å². The second kappa shape index (κ2) is 5.16. The van der Waals surface area contributed by atoms with Crippen molar-refractivity contribution in [3.8, 4) is 11.4 Å². The summed E-state index contributed by atoms with van der Waals surface area (Å²) in [6, 6.07) is 2.01. The number of hydrogen-bond donors (Lipinski definition) is 1. The van der Waals surface area contributed by atoms with Crippen LogP contribution in [-0.4, -0.2) is 14.8 Å². The van der Waals surface area contributed by atoms with E-state index in [0.717, 1.165) is 12.1 Å². The Bertz CT molecular complexity index is 661. The third-order valence-corrected chi connectivity index (χ3v) is 2.89. The van der Waals surface area contributed by atoms with E-state index >= 15 is 0 Å². The van der Waals surface area contributed by atoms with Crippen molar-refractivity contribution in [3.63, 3.8) is 0 Å². The Morgan fingerprint density at radius 3 is 2.58 bits per heavy atom. The zero-order valence-electron chi connectivity index (χ0n) is 10.4. The molecule has 0 aliphatic carbocycles. The predicted molar refractivity (Wildman–Crippen MR) is 67.6 cm³/mol. The van der Waals surface area contributed by atoms with Crippen LogP contribution >= 0.6 is 12.2 Å². The van der Waals surface area contributed by atoms with Gasteiger partial charge in [0.1, 0.15) is 0 Å². The molecule has 0 aliphatic heterocycles. The molecule has 2 aromatic rings. The van der Waals surface area contributed by atoms with E-state index in [1.54, 1.807) is 4.57 Å². The van der Waals surface area contributed by atoms with Crippen LogP contribution in [-0.2, 0) is 6.54 Å². The molecular weight excluding hydrogens is 275 g/mol. The molecule has 0 aliphatic rings. The normalized spacial score (nSPS) is 11.3. The van der Waals surface area contributed by atoms with Gasteiger partial charge in [0.2, 0.25) is 0 Å². The molecule has 3 nitrogen and oxygen atoms in total. The van der Waals surface area contributed by atoms with Gasteiger partial charge in [0.05, 0.1) is 5.56 Å². The number of benzene rings is 1. The van der Waals surface area contributed by atoms with Gasteiger partial charge in [-0.15, -0.1) is 0 Å². The first-order chi connectivity index (χ1) is 8.91. The molecular formula is C12H12F3N3S. The summed E-state index contributed by atoms with van der Waals surface area (Å²) in [5.74, 6) is -3.60. The van der Waals surface area contributed by atoms with Crippen molar-refractivity contribution < 1.29 is 13.2 Å². The van der Waals surface area contributed by atoms with E-state index in [9.17, 15) is 13.2 Å². The minimum Gasteiger partial charge on any atom is -0.300 e. The van der Waals surface area contributed by atoms with E-state index in [1.165, 1.54) is 0 Å². The molecule has 1 aromatic carbocycles. The van der Waals surface area contributed by atoms with Crippen LogP contribution in [0, 0.1) is 28.1 Å². The number of nitrogens with zero attached hydrogens (tertiary/aromatic N) is 2. The number of H-pyrrole nitrogens is 1. The van der Waals surface area contributed by atoms with Crippen molar-refractivity contribution in [2.45, 2.75) is 20.4 Å². The Balaban J connectivity index is 2.60. The number of nitrogens with one attached hydrogen (secondary N) is 1. The Labute approximate surface area is 113 Å². The molecule has 0 unspecified atom stereocenters. The lowest BCUT2D eigenvalue weighted by atomic mass is 10.1. The molecule has 1 N–H and O–H groups in total. The van der Waals surface area contributed by atoms with E-state index in [4.69, 9.17) is 12.2 Å². The van der Waals surface area contributed by atoms with Gasteiger partial charge in [0.25, 0.3) is 0 Å².